The van der Waals surface area contributed by atoms with Gasteiger partial charge in [-0.25, -0.2) is 0 Å². The van der Waals surface area contributed by atoms with Crippen LogP contribution in [0.15, 0.2) is 30.3 Å². The minimum absolute atomic E-state index is 0.169. The Balaban J connectivity index is 2.27. The zero-order valence-corrected chi connectivity index (χ0v) is 13.1. The van der Waals surface area contributed by atoms with E-state index in [4.69, 9.17) is 5.73 Å². The Morgan fingerprint density at radius 1 is 1.19 bits per heavy atom. The maximum Gasteiger partial charge on any atom is 0.0596 e. The van der Waals surface area contributed by atoms with Gasteiger partial charge in [-0.15, -0.1) is 0 Å². The number of aromatic nitrogens is 3. The van der Waals surface area contributed by atoms with Crippen molar-refractivity contribution in [2.75, 3.05) is 6.54 Å². The Labute approximate surface area is 125 Å². The summed E-state index contributed by atoms with van der Waals surface area (Å²) in [5, 5.41) is 5.76. The molecule has 3 rings (SSSR count). The monoisotopic (exact) mass is 282 g/mol. The summed E-state index contributed by atoms with van der Waals surface area (Å²) >= 11 is 0. The molecule has 0 bridgehead atoms. The largest absolute Gasteiger partial charge is 0.348 e. The minimum Gasteiger partial charge on any atom is -0.348 e. The summed E-state index contributed by atoms with van der Waals surface area (Å²) in [6.07, 6.45) is 0. The van der Waals surface area contributed by atoms with Crippen molar-refractivity contribution in [2.45, 2.75) is 19.8 Å². The van der Waals surface area contributed by atoms with E-state index in [1.807, 2.05) is 18.7 Å². The van der Waals surface area contributed by atoms with Gasteiger partial charge in [0.15, 0.2) is 0 Å². The van der Waals surface area contributed by atoms with E-state index in [1.54, 1.807) is 0 Å². The van der Waals surface area contributed by atoms with Gasteiger partial charge < -0.3 is 10.3 Å². The molecule has 1 atom stereocenters. The molecule has 0 aliphatic heterocycles. The van der Waals surface area contributed by atoms with Crippen molar-refractivity contribution in [3.05, 3.63) is 53.0 Å². The Bertz CT molecular complexity index is 795. The smallest absolute Gasteiger partial charge is 0.0596 e. The third-order valence-corrected chi connectivity index (χ3v) is 4.43. The van der Waals surface area contributed by atoms with Gasteiger partial charge in [-0.3, -0.25) is 4.68 Å². The predicted molar refractivity (Wildman–Crippen MR) is 86.5 cm³/mol. The maximum absolute atomic E-state index is 6.13. The number of fused-ring (bicyclic) bond motifs is 1. The second-order valence-corrected chi connectivity index (χ2v) is 5.70. The molecule has 0 amide bonds. The summed E-state index contributed by atoms with van der Waals surface area (Å²) in [7, 11) is 4.11. The van der Waals surface area contributed by atoms with E-state index in [0.29, 0.717) is 6.54 Å². The Morgan fingerprint density at radius 3 is 2.52 bits per heavy atom. The second kappa shape index (κ2) is 5.04. The topological polar surface area (TPSA) is 48.8 Å². The molecular formula is C17H22N4. The van der Waals surface area contributed by atoms with E-state index in [9.17, 15) is 0 Å². The van der Waals surface area contributed by atoms with Crippen LogP contribution < -0.4 is 5.73 Å². The van der Waals surface area contributed by atoms with Gasteiger partial charge in [-0.2, -0.15) is 5.10 Å². The van der Waals surface area contributed by atoms with Crippen LogP contribution >= 0.6 is 0 Å². The fourth-order valence-electron chi connectivity index (χ4n) is 3.33. The van der Waals surface area contributed by atoms with Crippen molar-refractivity contribution in [3.8, 4) is 0 Å². The van der Waals surface area contributed by atoms with E-state index < -0.39 is 0 Å². The molecule has 1 aromatic carbocycles. The lowest BCUT2D eigenvalue weighted by Crippen LogP contribution is -2.18. The van der Waals surface area contributed by atoms with Crippen LogP contribution in [0.4, 0.5) is 0 Å². The molecule has 0 radical (unpaired) electrons. The molecular weight excluding hydrogens is 260 g/mol. The van der Waals surface area contributed by atoms with Crippen LogP contribution in [0.25, 0.3) is 10.9 Å². The van der Waals surface area contributed by atoms with Crippen molar-refractivity contribution < 1.29 is 0 Å². The highest BCUT2D eigenvalue weighted by Crippen LogP contribution is 2.34. The van der Waals surface area contributed by atoms with Crippen LogP contribution in [0.2, 0.25) is 0 Å². The van der Waals surface area contributed by atoms with Gasteiger partial charge in [0.2, 0.25) is 0 Å². The fourth-order valence-corrected chi connectivity index (χ4v) is 3.33. The van der Waals surface area contributed by atoms with E-state index in [-0.39, 0.29) is 5.92 Å². The molecule has 3 aromatic rings. The number of aryl methyl sites for hydroxylation is 3. The molecule has 4 heteroatoms. The summed E-state index contributed by atoms with van der Waals surface area (Å²) in [5.74, 6) is 0.169. The van der Waals surface area contributed by atoms with Crippen molar-refractivity contribution in [2.24, 2.45) is 19.8 Å². The van der Waals surface area contributed by atoms with E-state index in [2.05, 4.69) is 54.0 Å². The molecule has 110 valence electrons. The normalized spacial score (nSPS) is 13.0. The van der Waals surface area contributed by atoms with Gasteiger partial charge in [0, 0.05) is 48.8 Å². The van der Waals surface area contributed by atoms with Crippen LogP contribution in [-0.4, -0.2) is 20.9 Å². The summed E-state index contributed by atoms with van der Waals surface area (Å²) in [5.41, 5.74) is 12.2. The van der Waals surface area contributed by atoms with Crippen molar-refractivity contribution in [1.82, 2.24) is 14.3 Å². The second-order valence-electron chi connectivity index (χ2n) is 5.70. The fraction of sp³-hybridized carbons (Fsp3) is 0.353. The Kier molecular flexibility index (Phi) is 3.33. The first-order chi connectivity index (χ1) is 10.0. The Hall–Kier alpha value is -2.07. The first-order valence-corrected chi connectivity index (χ1v) is 7.29. The predicted octanol–water partition coefficient (Wildman–Crippen LogP) is 2.62. The molecule has 0 spiro atoms. The number of benzene rings is 1. The van der Waals surface area contributed by atoms with Crippen LogP contribution in [-0.2, 0) is 14.1 Å². The van der Waals surface area contributed by atoms with Gasteiger partial charge in [-0.05, 0) is 31.5 Å². The molecule has 0 aliphatic carbocycles. The molecule has 0 saturated heterocycles. The molecule has 0 saturated carbocycles. The van der Waals surface area contributed by atoms with E-state index in [1.165, 1.54) is 27.9 Å². The van der Waals surface area contributed by atoms with E-state index >= 15 is 0 Å². The van der Waals surface area contributed by atoms with Crippen LogP contribution in [0, 0.1) is 13.8 Å². The third-order valence-electron chi connectivity index (χ3n) is 4.43. The number of hydrogen-bond donors (Lipinski definition) is 1. The van der Waals surface area contributed by atoms with Gasteiger partial charge in [0.05, 0.1) is 5.69 Å². The van der Waals surface area contributed by atoms with Crippen molar-refractivity contribution in [1.29, 1.82) is 0 Å². The molecule has 2 heterocycles. The number of nitrogens with two attached hydrogens (primary N) is 1. The summed E-state index contributed by atoms with van der Waals surface area (Å²) in [4.78, 5) is 0. The zero-order chi connectivity index (χ0) is 15.1. The quantitative estimate of drug-likeness (QED) is 0.803. The highest BCUT2D eigenvalue weighted by atomic mass is 15.3. The molecule has 4 nitrogen and oxygen atoms in total. The Morgan fingerprint density at radius 2 is 1.90 bits per heavy atom. The maximum atomic E-state index is 6.13. The third kappa shape index (κ3) is 2.07. The number of nitrogens with zero attached hydrogens (tertiary/aromatic N) is 3. The summed E-state index contributed by atoms with van der Waals surface area (Å²) < 4.78 is 4.20. The lowest BCUT2D eigenvalue weighted by molar-refractivity contribution is 0.658. The lowest BCUT2D eigenvalue weighted by Gasteiger charge is -2.16. The first-order valence-electron chi connectivity index (χ1n) is 7.29. The number of para-hydroxylation sites is 1. The average molecular weight is 282 g/mol. The molecule has 2 N–H and O–H groups in total. The first kappa shape index (κ1) is 13.9. The van der Waals surface area contributed by atoms with Crippen LogP contribution in [0.1, 0.15) is 28.6 Å². The minimum atomic E-state index is 0.169. The highest BCUT2D eigenvalue weighted by Gasteiger charge is 2.23. The molecule has 21 heavy (non-hydrogen) atoms. The van der Waals surface area contributed by atoms with Gasteiger partial charge >= 0.3 is 0 Å². The van der Waals surface area contributed by atoms with Gasteiger partial charge in [0.25, 0.3) is 0 Å². The summed E-state index contributed by atoms with van der Waals surface area (Å²) in [6.45, 7) is 4.77. The standard InChI is InChI=1S/C17H22N4/c1-11-9-16(21(4)19-11)14(10-18)17-12(2)20(3)15-8-6-5-7-13(15)17/h5-9,14H,10,18H2,1-4H3. The van der Waals surface area contributed by atoms with E-state index in [0.717, 1.165) is 5.69 Å². The van der Waals surface area contributed by atoms with Crippen molar-refractivity contribution in [3.63, 3.8) is 0 Å². The number of hydrogen-bond acceptors (Lipinski definition) is 2. The average Bonchev–Trinajstić information content (AvgIpc) is 2.93. The molecule has 0 fully saturated rings. The molecule has 0 aliphatic rings. The van der Waals surface area contributed by atoms with Crippen LogP contribution in [0.5, 0.6) is 0 Å². The van der Waals surface area contributed by atoms with Crippen molar-refractivity contribution >= 4 is 10.9 Å². The molecule has 1 unspecified atom stereocenters. The SMILES string of the molecule is Cc1cc(C(CN)c2c(C)n(C)c3ccccc23)n(C)n1. The zero-order valence-electron chi connectivity index (χ0n) is 13.1. The highest BCUT2D eigenvalue weighted by molar-refractivity contribution is 5.86. The van der Waals surface area contributed by atoms with Crippen LogP contribution in [0.3, 0.4) is 0 Å². The number of rotatable bonds is 3. The van der Waals surface area contributed by atoms with Gasteiger partial charge in [-0.1, -0.05) is 18.2 Å². The molecule has 2 aromatic heterocycles. The lowest BCUT2D eigenvalue weighted by atomic mass is 9.93. The summed E-state index contributed by atoms with van der Waals surface area (Å²) in [6, 6.07) is 10.7. The van der Waals surface area contributed by atoms with Gasteiger partial charge in [0.1, 0.15) is 0 Å².